The average Bonchev–Trinajstić information content (AvgIpc) is 2.68. The van der Waals surface area contributed by atoms with Crippen molar-refractivity contribution in [2.24, 2.45) is 23.7 Å². The van der Waals surface area contributed by atoms with Crippen molar-refractivity contribution in [1.29, 1.82) is 0 Å². The fourth-order valence-electron chi connectivity index (χ4n) is 4.54. The first-order chi connectivity index (χ1) is 5.86. The molecule has 7 atom stereocenters. The Labute approximate surface area is 71.9 Å². The van der Waals surface area contributed by atoms with Crippen molar-refractivity contribution < 1.29 is 9.84 Å². The van der Waals surface area contributed by atoms with E-state index in [0.29, 0.717) is 12.0 Å². The summed E-state index contributed by atoms with van der Waals surface area (Å²) in [6.45, 7) is 0. The van der Waals surface area contributed by atoms with Gasteiger partial charge in [-0.1, -0.05) is 0 Å². The molecule has 0 aromatic heterocycles. The van der Waals surface area contributed by atoms with Crippen LogP contribution in [0.3, 0.4) is 0 Å². The number of rotatable bonds is 0. The molecule has 66 valence electrons. The lowest BCUT2D eigenvalue weighted by Crippen LogP contribution is -2.36. The summed E-state index contributed by atoms with van der Waals surface area (Å²) in [6.07, 6.45) is 4.51. The smallest absolute Gasteiger partial charge is 0.0872 e. The van der Waals surface area contributed by atoms with Gasteiger partial charge in [0.05, 0.1) is 18.3 Å². The molecule has 1 aliphatic heterocycles. The second-order valence-electron chi connectivity index (χ2n) is 5.01. The summed E-state index contributed by atoms with van der Waals surface area (Å²) in [5.74, 6) is 3.03. The first-order valence-corrected chi connectivity index (χ1v) is 5.20. The van der Waals surface area contributed by atoms with Gasteiger partial charge in [-0.05, 0) is 42.9 Å². The summed E-state index contributed by atoms with van der Waals surface area (Å²) < 4.78 is 5.89. The Hall–Kier alpha value is -0.0800. The van der Waals surface area contributed by atoms with Crippen LogP contribution < -0.4 is 0 Å². The van der Waals surface area contributed by atoms with Gasteiger partial charge in [0.15, 0.2) is 0 Å². The molecule has 4 aliphatic rings. The highest BCUT2D eigenvalue weighted by molar-refractivity contribution is 5.15. The van der Waals surface area contributed by atoms with Crippen molar-refractivity contribution in [2.45, 2.75) is 37.6 Å². The number of hydrogen-bond donors (Lipinski definition) is 1. The first-order valence-electron chi connectivity index (χ1n) is 5.20. The van der Waals surface area contributed by atoms with E-state index in [4.69, 9.17) is 4.74 Å². The van der Waals surface area contributed by atoms with Crippen molar-refractivity contribution in [3.63, 3.8) is 0 Å². The van der Waals surface area contributed by atoms with Crippen molar-refractivity contribution in [1.82, 2.24) is 0 Å². The van der Waals surface area contributed by atoms with Gasteiger partial charge < -0.3 is 9.84 Å². The van der Waals surface area contributed by atoms with E-state index < -0.39 is 0 Å². The fraction of sp³-hybridized carbons (Fsp3) is 1.00. The Morgan fingerprint density at radius 2 is 2.00 bits per heavy atom. The van der Waals surface area contributed by atoms with Crippen molar-refractivity contribution >= 4 is 0 Å². The van der Waals surface area contributed by atoms with Crippen LogP contribution in [0.2, 0.25) is 0 Å². The first kappa shape index (κ1) is 6.39. The predicted molar refractivity (Wildman–Crippen MR) is 42.5 cm³/mol. The molecule has 4 fully saturated rings. The van der Waals surface area contributed by atoms with E-state index >= 15 is 0 Å². The highest BCUT2D eigenvalue weighted by Gasteiger charge is 2.67. The van der Waals surface area contributed by atoms with Crippen molar-refractivity contribution in [2.75, 3.05) is 0 Å². The van der Waals surface area contributed by atoms with Crippen molar-refractivity contribution in [3.05, 3.63) is 0 Å². The molecule has 0 aromatic carbocycles. The maximum atomic E-state index is 9.90. The second-order valence-corrected chi connectivity index (χ2v) is 5.01. The molecular formula is C10H14O2. The maximum absolute atomic E-state index is 9.90. The lowest BCUT2D eigenvalue weighted by atomic mass is 9.80. The number of fused-ring (bicyclic) bond motifs is 2. The van der Waals surface area contributed by atoms with E-state index in [1.807, 2.05) is 0 Å². The van der Waals surface area contributed by atoms with Gasteiger partial charge in [0.25, 0.3) is 0 Å². The Morgan fingerprint density at radius 3 is 2.92 bits per heavy atom. The quantitative estimate of drug-likeness (QED) is 0.576. The standard InChI is InChI=1S/C10H14O2/c11-9-5-3-6-8-4(5)1-2-7(8)12-10(6)9/h4-11H,1-3H2/t4-,5-,6-,7?,8-,9+,10-/m0/s1. The third kappa shape index (κ3) is 0.471. The van der Waals surface area contributed by atoms with E-state index in [1.54, 1.807) is 0 Å². The predicted octanol–water partition coefficient (Wildman–Crippen LogP) is 0.791. The SMILES string of the molecule is O[C@@H]1[C@H]2C[C@@H]3[C@@H]1OC1CC[C@@H]2[C@H]13. The number of hydrogen-bond acceptors (Lipinski definition) is 2. The van der Waals surface area contributed by atoms with Crippen LogP contribution in [0.25, 0.3) is 0 Å². The van der Waals surface area contributed by atoms with Crippen LogP contribution in [0.5, 0.6) is 0 Å². The van der Waals surface area contributed by atoms with Gasteiger partial charge in [-0.2, -0.15) is 0 Å². The number of ether oxygens (including phenoxy) is 1. The molecule has 2 heteroatoms. The Balaban J connectivity index is 1.87. The number of aliphatic hydroxyl groups is 1. The van der Waals surface area contributed by atoms with Gasteiger partial charge in [0.1, 0.15) is 0 Å². The second kappa shape index (κ2) is 1.73. The Morgan fingerprint density at radius 1 is 1.08 bits per heavy atom. The zero-order valence-corrected chi connectivity index (χ0v) is 7.02. The molecule has 12 heavy (non-hydrogen) atoms. The summed E-state index contributed by atoms with van der Waals surface area (Å²) in [7, 11) is 0. The van der Waals surface area contributed by atoms with E-state index in [9.17, 15) is 5.11 Å². The molecule has 1 unspecified atom stereocenters. The topological polar surface area (TPSA) is 29.5 Å². The molecule has 4 rings (SSSR count). The summed E-state index contributed by atoms with van der Waals surface area (Å²) in [4.78, 5) is 0. The highest BCUT2D eigenvalue weighted by atomic mass is 16.5. The minimum atomic E-state index is -0.110. The van der Waals surface area contributed by atoms with Crippen LogP contribution >= 0.6 is 0 Å². The summed E-state index contributed by atoms with van der Waals surface area (Å²) >= 11 is 0. The molecule has 0 aromatic rings. The van der Waals surface area contributed by atoms with Crippen molar-refractivity contribution in [3.8, 4) is 0 Å². The molecule has 1 N–H and O–H groups in total. The monoisotopic (exact) mass is 166 g/mol. The zero-order valence-electron chi connectivity index (χ0n) is 7.02. The van der Waals surface area contributed by atoms with E-state index in [1.165, 1.54) is 19.3 Å². The Bertz CT molecular complexity index is 238. The molecule has 2 bridgehead atoms. The van der Waals surface area contributed by atoms with Gasteiger partial charge in [-0.3, -0.25) is 0 Å². The van der Waals surface area contributed by atoms with E-state index in [0.717, 1.165) is 17.8 Å². The Kier molecular flexibility index (Phi) is 0.921. The maximum Gasteiger partial charge on any atom is 0.0872 e. The van der Waals surface area contributed by atoms with Crippen LogP contribution in [0.4, 0.5) is 0 Å². The van der Waals surface area contributed by atoms with Crippen LogP contribution in [0.15, 0.2) is 0 Å². The molecular weight excluding hydrogens is 152 g/mol. The minimum absolute atomic E-state index is 0.110. The third-order valence-corrected chi connectivity index (χ3v) is 4.83. The normalized spacial score (nSPS) is 71.2. The van der Waals surface area contributed by atoms with Crippen LogP contribution in [-0.4, -0.2) is 23.4 Å². The van der Waals surface area contributed by atoms with Gasteiger partial charge in [0, 0.05) is 0 Å². The fourth-order valence-corrected chi connectivity index (χ4v) is 4.54. The molecule has 2 nitrogen and oxygen atoms in total. The summed E-state index contributed by atoms with van der Waals surface area (Å²) in [5.41, 5.74) is 0. The summed E-state index contributed by atoms with van der Waals surface area (Å²) in [5, 5.41) is 9.90. The van der Waals surface area contributed by atoms with Crippen LogP contribution in [0.1, 0.15) is 19.3 Å². The van der Waals surface area contributed by atoms with Gasteiger partial charge >= 0.3 is 0 Å². The van der Waals surface area contributed by atoms with Gasteiger partial charge in [-0.15, -0.1) is 0 Å². The molecule has 1 saturated heterocycles. The van der Waals surface area contributed by atoms with E-state index in [2.05, 4.69) is 0 Å². The molecule has 3 saturated carbocycles. The average molecular weight is 166 g/mol. The largest absolute Gasteiger partial charge is 0.390 e. The van der Waals surface area contributed by atoms with Gasteiger partial charge in [-0.25, -0.2) is 0 Å². The molecule has 0 amide bonds. The number of aliphatic hydroxyl groups excluding tert-OH is 1. The highest BCUT2D eigenvalue weighted by Crippen LogP contribution is 2.64. The van der Waals surface area contributed by atoms with Crippen LogP contribution in [0, 0.1) is 23.7 Å². The lowest BCUT2D eigenvalue weighted by Gasteiger charge is -2.28. The molecule has 3 aliphatic carbocycles. The van der Waals surface area contributed by atoms with E-state index in [-0.39, 0.29) is 12.2 Å². The van der Waals surface area contributed by atoms with Crippen LogP contribution in [-0.2, 0) is 4.74 Å². The zero-order chi connectivity index (χ0) is 7.87. The molecule has 1 heterocycles. The minimum Gasteiger partial charge on any atom is -0.390 e. The summed E-state index contributed by atoms with van der Waals surface area (Å²) in [6, 6.07) is 0. The van der Waals surface area contributed by atoms with Gasteiger partial charge in [0.2, 0.25) is 0 Å². The molecule has 0 spiro atoms. The third-order valence-electron chi connectivity index (χ3n) is 4.83. The lowest BCUT2D eigenvalue weighted by molar-refractivity contribution is -0.0478. The molecule has 0 radical (unpaired) electrons.